The fourth-order valence-electron chi connectivity index (χ4n) is 3.88. The third kappa shape index (κ3) is 3.06. The lowest BCUT2D eigenvalue weighted by Crippen LogP contribution is -2.65. The van der Waals surface area contributed by atoms with Gasteiger partial charge in [0.2, 0.25) is 0 Å². The Labute approximate surface area is 171 Å². The predicted molar refractivity (Wildman–Crippen MR) is 106 cm³/mol. The summed E-state index contributed by atoms with van der Waals surface area (Å²) in [5.41, 5.74) is -4.52. The van der Waals surface area contributed by atoms with Crippen molar-refractivity contribution in [3.8, 4) is 0 Å². The molecule has 3 aromatic rings. The van der Waals surface area contributed by atoms with Crippen molar-refractivity contribution in [2.24, 2.45) is 0 Å². The Morgan fingerprint density at radius 2 is 0.867 bits per heavy atom. The Hall–Kier alpha value is -4.13. The van der Waals surface area contributed by atoms with Crippen molar-refractivity contribution in [1.82, 2.24) is 0 Å². The minimum Gasteiger partial charge on any atom is -0.478 e. The van der Waals surface area contributed by atoms with Crippen LogP contribution in [0.2, 0.25) is 0 Å². The van der Waals surface area contributed by atoms with E-state index in [9.17, 15) is 29.7 Å². The van der Waals surface area contributed by atoms with Crippen LogP contribution in [0.15, 0.2) is 91.0 Å². The lowest BCUT2D eigenvalue weighted by molar-refractivity contribution is -0.183. The van der Waals surface area contributed by atoms with Crippen molar-refractivity contribution in [2.75, 3.05) is 0 Å². The summed E-state index contributed by atoms with van der Waals surface area (Å²) in [4.78, 5) is 36.8. The summed E-state index contributed by atoms with van der Waals surface area (Å²) in [6.45, 7) is 0. The smallest absolute Gasteiger partial charge is 0.478 e. The number of hydrogen-bond acceptors (Lipinski definition) is 4. The molecule has 152 valence electrons. The quantitative estimate of drug-likeness (QED) is 0.311. The second-order valence-electron chi connectivity index (χ2n) is 6.51. The maximum atomic E-state index is 12.6. The zero-order valence-corrected chi connectivity index (χ0v) is 15.6. The first-order valence-electron chi connectivity index (χ1n) is 8.92. The summed E-state index contributed by atoms with van der Waals surface area (Å²) >= 11 is 0. The van der Waals surface area contributed by atoms with E-state index in [4.69, 9.17) is 4.74 Å². The van der Waals surface area contributed by atoms with Crippen molar-refractivity contribution in [3.63, 3.8) is 0 Å². The minimum atomic E-state index is -3.22. The van der Waals surface area contributed by atoms with E-state index >= 15 is 0 Å². The standard InChI is InChI=1S/C23H18O7/c24-19(25)23(20(26)27,30-21(28)29)22(16-10-4-1-5-11-16,17-12-6-2-7-13-17)18-14-8-3-9-15-18/h1-15H,(H,24,25)(H,26,27)(H,28,29). The molecule has 0 fully saturated rings. The van der Waals surface area contributed by atoms with Gasteiger partial charge in [-0.3, -0.25) is 0 Å². The van der Waals surface area contributed by atoms with Gasteiger partial charge in [-0.1, -0.05) is 91.0 Å². The van der Waals surface area contributed by atoms with Crippen LogP contribution < -0.4 is 0 Å². The molecule has 0 aliphatic rings. The Morgan fingerprint density at radius 3 is 1.10 bits per heavy atom. The number of rotatable bonds is 7. The van der Waals surface area contributed by atoms with Gasteiger partial charge < -0.3 is 20.1 Å². The summed E-state index contributed by atoms with van der Waals surface area (Å²) in [6, 6.07) is 24.0. The van der Waals surface area contributed by atoms with Gasteiger partial charge in [0, 0.05) is 0 Å². The van der Waals surface area contributed by atoms with Gasteiger partial charge in [-0.05, 0) is 16.7 Å². The molecule has 0 radical (unpaired) electrons. The van der Waals surface area contributed by atoms with Crippen LogP contribution in [0, 0.1) is 0 Å². The first kappa shape index (κ1) is 20.6. The van der Waals surface area contributed by atoms with Crippen molar-refractivity contribution in [3.05, 3.63) is 108 Å². The van der Waals surface area contributed by atoms with Crippen LogP contribution in [0.25, 0.3) is 0 Å². The zero-order valence-electron chi connectivity index (χ0n) is 15.6. The SMILES string of the molecule is O=C(O)OC(C(=O)O)(C(=O)O)C(c1ccccc1)(c1ccccc1)c1ccccc1. The van der Waals surface area contributed by atoms with Gasteiger partial charge in [-0.15, -0.1) is 0 Å². The zero-order chi connectivity index (χ0) is 21.8. The van der Waals surface area contributed by atoms with Crippen molar-refractivity contribution >= 4 is 18.1 Å². The minimum absolute atomic E-state index is 0.244. The monoisotopic (exact) mass is 406 g/mol. The molecule has 3 N–H and O–H groups in total. The van der Waals surface area contributed by atoms with Crippen LogP contribution in [0.4, 0.5) is 4.79 Å². The van der Waals surface area contributed by atoms with E-state index in [0.29, 0.717) is 0 Å². The van der Waals surface area contributed by atoms with E-state index in [1.807, 2.05) is 0 Å². The summed E-state index contributed by atoms with van der Waals surface area (Å²) in [6.07, 6.45) is -2.02. The van der Waals surface area contributed by atoms with Crippen molar-refractivity contribution < 1.29 is 34.4 Å². The van der Waals surface area contributed by atoms with Gasteiger partial charge in [-0.25, -0.2) is 14.4 Å². The summed E-state index contributed by atoms with van der Waals surface area (Å²) < 4.78 is 4.81. The Morgan fingerprint density at radius 1 is 0.567 bits per heavy atom. The van der Waals surface area contributed by atoms with E-state index in [1.165, 1.54) is 0 Å². The topological polar surface area (TPSA) is 121 Å². The Bertz CT molecular complexity index is 936. The fourth-order valence-corrected chi connectivity index (χ4v) is 3.88. The molecule has 0 saturated carbocycles. The predicted octanol–water partition coefficient (Wildman–Crippen LogP) is 3.62. The van der Waals surface area contributed by atoms with E-state index in [2.05, 4.69) is 0 Å². The highest BCUT2D eigenvalue weighted by Gasteiger charge is 2.68. The molecule has 3 rings (SSSR count). The maximum Gasteiger partial charge on any atom is 0.507 e. The molecule has 7 nitrogen and oxygen atoms in total. The van der Waals surface area contributed by atoms with E-state index < -0.39 is 29.1 Å². The van der Waals surface area contributed by atoms with Crippen LogP contribution in [0.1, 0.15) is 16.7 Å². The number of hydrogen-bond donors (Lipinski definition) is 3. The highest BCUT2D eigenvalue weighted by molar-refractivity contribution is 6.07. The normalized spacial score (nSPS) is 11.5. The van der Waals surface area contributed by atoms with Gasteiger partial charge >= 0.3 is 23.7 Å². The third-order valence-electron chi connectivity index (χ3n) is 4.99. The van der Waals surface area contributed by atoms with Gasteiger partial charge in [-0.2, -0.15) is 0 Å². The van der Waals surface area contributed by atoms with Crippen molar-refractivity contribution in [1.29, 1.82) is 0 Å². The average Bonchev–Trinajstić information content (AvgIpc) is 2.75. The fraction of sp³-hybridized carbons (Fsp3) is 0.0870. The first-order chi connectivity index (χ1) is 14.4. The highest BCUT2D eigenvalue weighted by atomic mass is 16.7. The molecule has 0 heterocycles. The van der Waals surface area contributed by atoms with Crippen LogP contribution in [0.3, 0.4) is 0 Å². The van der Waals surface area contributed by atoms with Crippen LogP contribution in [-0.4, -0.2) is 39.0 Å². The third-order valence-corrected chi connectivity index (χ3v) is 4.99. The molecule has 3 aromatic carbocycles. The molecular weight excluding hydrogens is 388 g/mol. The molecule has 30 heavy (non-hydrogen) atoms. The molecule has 0 amide bonds. The van der Waals surface area contributed by atoms with Crippen molar-refractivity contribution in [2.45, 2.75) is 11.0 Å². The van der Waals surface area contributed by atoms with E-state index in [-0.39, 0.29) is 16.7 Å². The molecular formula is C23H18O7. The van der Waals surface area contributed by atoms with Gasteiger partial charge in [0.15, 0.2) is 0 Å². The molecule has 0 saturated heterocycles. The maximum absolute atomic E-state index is 12.6. The van der Waals surface area contributed by atoms with Crippen LogP contribution in [-0.2, 0) is 19.7 Å². The lowest BCUT2D eigenvalue weighted by atomic mass is 9.59. The number of benzene rings is 3. The summed E-state index contributed by atoms with van der Waals surface area (Å²) in [5.74, 6) is -3.90. The molecule has 0 aromatic heterocycles. The number of carbonyl (C=O) groups is 3. The number of ether oxygens (including phenoxy) is 1. The Balaban J connectivity index is 2.61. The average molecular weight is 406 g/mol. The molecule has 0 spiro atoms. The van der Waals surface area contributed by atoms with E-state index in [1.54, 1.807) is 91.0 Å². The first-order valence-corrected chi connectivity index (χ1v) is 8.92. The number of carboxylic acids is 2. The molecule has 0 atom stereocenters. The largest absolute Gasteiger partial charge is 0.507 e. The molecule has 0 aliphatic heterocycles. The highest BCUT2D eigenvalue weighted by Crippen LogP contribution is 2.49. The van der Waals surface area contributed by atoms with Crippen LogP contribution >= 0.6 is 0 Å². The van der Waals surface area contributed by atoms with Gasteiger partial charge in [0.05, 0.1) is 0 Å². The lowest BCUT2D eigenvalue weighted by Gasteiger charge is -2.44. The summed E-state index contributed by atoms with van der Waals surface area (Å²) in [7, 11) is 0. The summed E-state index contributed by atoms with van der Waals surface area (Å²) in [5, 5.41) is 29.8. The number of carboxylic acid groups (broad SMARTS) is 3. The van der Waals surface area contributed by atoms with Crippen LogP contribution in [0.5, 0.6) is 0 Å². The van der Waals surface area contributed by atoms with Gasteiger partial charge in [0.25, 0.3) is 0 Å². The second kappa shape index (κ2) is 8.08. The van der Waals surface area contributed by atoms with Gasteiger partial charge in [0.1, 0.15) is 5.41 Å². The molecule has 0 bridgehead atoms. The number of aliphatic carboxylic acids is 2. The second-order valence-corrected chi connectivity index (χ2v) is 6.51. The Kier molecular flexibility index (Phi) is 5.55. The molecule has 7 heteroatoms. The molecule has 0 aliphatic carbocycles. The molecule has 0 unspecified atom stereocenters. The van der Waals surface area contributed by atoms with E-state index in [0.717, 1.165) is 0 Å².